The molecule has 0 aliphatic heterocycles. The Kier molecular flexibility index (Phi) is 20.8. The minimum Gasteiger partial charge on any atom is -0.481 e. The van der Waals surface area contributed by atoms with Crippen molar-refractivity contribution >= 4 is 55.3 Å². The Morgan fingerprint density at radius 3 is 1.78 bits per heavy atom. The fourth-order valence-corrected chi connectivity index (χ4v) is 5.05. The molecular formula is C33H34Br2F6N4O8Zn. The molecule has 0 aliphatic carbocycles. The van der Waals surface area contributed by atoms with Crippen molar-refractivity contribution in [3.8, 4) is 0 Å². The number of carbonyl (C=O) groups excluding carboxylic acids is 2. The molecule has 1 atom stereocenters. The molecule has 54 heavy (non-hydrogen) atoms. The van der Waals surface area contributed by atoms with Crippen LogP contribution < -0.4 is 0 Å². The molecule has 4 rings (SSSR count). The number of aromatic nitrogens is 4. The van der Waals surface area contributed by atoms with Gasteiger partial charge in [-0.2, -0.15) is 26.3 Å². The SMILES string of the molecule is C.CC(=O)O.CCOC(=O)/C=C(/c1cc(Br)cc(C(F)(F)F)c1)c1nnc(C)o1.CCOC(=O)CC(c1cc(Br)cc(C(F)(F)F)c1)c1nnc(C)o1.[Zn]. The van der Waals surface area contributed by atoms with Crippen molar-refractivity contribution in [1.82, 2.24) is 20.4 Å². The van der Waals surface area contributed by atoms with Crippen molar-refractivity contribution < 1.29 is 83.6 Å². The summed E-state index contributed by atoms with van der Waals surface area (Å²) < 4.78 is 98.9. The molecule has 12 nitrogen and oxygen atoms in total. The van der Waals surface area contributed by atoms with Crippen molar-refractivity contribution in [2.75, 3.05) is 13.2 Å². The Morgan fingerprint density at radius 1 is 0.815 bits per heavy atom. The number of rotatable bonds is 9. The minimum atomic E-state index is -4.54. The van der Waals surface area contributed by atoms with Gasteiger partial charge in [0.15, 0.2) is 0 Å². The number of hydrogen-bond donors (Lipinski definition) is 1. The molecule has 2 heterocycles. The van der Waals surface area contributed by atoms with E-state index in [2.05, 4.69) is 52.3 Å². The third kappa shape index (κ3) is 16.6. The van der Waals surface area contributed by atoms with Crippen molar-refractivity contribution in [2.45, 2.75) is 66.7 Å². The molecule has 1 N–H and O–H groups in total. The Bertz CT molecular complexity index is 1880. The summed E-state index contributed by atoms with van der Waals surface area (Å²) in [6.45, 7) is 7.71. The summed E-state index contributed by atoms with van der Waals surface area (Å²) in [4.78, 5) is 32.6. The summed E-state index contributed by atoms with van der Waals surface area (Å²) >= 11 is 6.10. The van der Waals surface area contributed by atoms with Gasteiger partial charge in [0.1, 0.15) is 0 Å². The Morgan fingerprint density at radius 2 is 1.31 bits per heavy atom. The van der Waals surface area contributed by atoms with Gasteiger partial charge in [0.25, 0.3) is 5.97 Å². The summed E-state index contributed by atoms with van der Waals surface area (Å²) in [7, 11) is 0. The van der Waals surface area contributed by atoms with Crippen LogP contribution in [-0.4, -0.2) is 56.6 Å². The van der Waals surface area contributed by atoms with Crippen molar-refractivity contribution in [3.63, 3.8) is 0 Å². The van der Waals surface area contributed by atoms with Gasteiger partial charge in [-0.1, -0.05) is 39.3 Å². The first-order valence-electron chi connectivity index (χ1n) is 14.7. The molecule has 0 saturated heterocycles. The standard InChI is InChI=1S/C15H14BrF3N2O3.C15H12BrF3N2O3.C2H4O2.CH4.Zn/c2*1-3-23-13(22)7-12(14-21-20-8(2)24-14)9-4-10(15(17,18)19)6-11(16)5-9;1-2(3)4;;/h4-6,12H,3,7H2,1-2H3;4-7H,3H2,1-2H3;1H3,(H,3,4);1H4;/b;12-7-;;;. The van der Waals surface area contributed by atoms with Crippen LogP contribution in [-0.2, 0) is 55.7 Å². The van der Waals surface area contributed by atoms with E-state index in [1.807, 2.05) is 0 Å². The quantitative estimate of drug-likeness (QED) is 0.0733. The van der Waals surface area contributed by atoms with Gasteiger partial charge in [-0.3, -0.25) is 9.59 Å². The van der Waals surface area contributed by atoms with E-state index in [1.54, 1.807) is 20.8 Å². The van der Waals surface area contributed by atoms with E-state index >= 15 is 0 Å². The normalized spacial score (nSPS) is 11.7. The third-order valence-corrected chi connectivity index (χ3v) is 6.92. The first kappa shape index (κ1) is 50.0. The number of carbonyl (C=O) groups is 3. The molecule has 2 aromatic carbocycles. The van der Waals surface area contributed by atoms with Gasteiger partial charge in [-0.05, 0) is 61.4 Å². The molecule has 2 aromatic heterocycles. The van der Waals surface area contributed by atoms with Gasteiger partial charge in [-0.15, -0.1) is 20.4 Å². The summed E-state index contributed by atoms with van der Waals surface area (Å²) in [5, 5.41) is 22.3. The van der Waals surface area contributed by atoms with Crippen molar-refractivity contribution in [1.29, 1.82) is 0 Å². The van der Waals surface area contributed by atoms with Gasteiger partial charge < -0.3 is 23.4 Å². The topological polar surface area (TPSA) is 168 Å². The summed E-state index contributed by atoms with van der Waals surface area (Å²) in [6.07, 6.45) is -8.24. The number of benzene rings is 2. The zero-order valence-electron chi connectivity index (χ0n) is 28.6. The first-order valence-corrected chi connectivity index (χ1v) is 16.3. The smallest absolute Gasteiger partial charge is 0.416 e. The van der Waals surface area contributed by atoms with Crippen LogP contribution in [0.15, 0.2) is 60.3 Å². The van der Waals surface area contributed by atoms with E-state index in [9.17, 15) is 35.9 Å². The molecule has 0 bridgehead atoms. The number of carboxylic acid groups (broad SMARTS) is 1. The molecule has 0 spiro atoms. The largest absolute Gasteiger partial charge is 0.481 e. The Hall–Kier alpha value is -3.97. The van der Waals surface area contributed by atoms with E-state index < -0.39 is 47.3 Å². The Labute approximate surface area is 335 Å². The zero-order valence-corrected chi connectivity index (χ0v) is 34.7. The fourth-order valence-electron chi connectivity index (χ4n) is 4.05. The number of halogens is 8. The number of aryl methyl sites for hydroxylation is 2. The Balaban J connectivity index is 0.000000915. The van der Waals surface area contributed by atoms with E-state index in [0.29, 0.717) is 0 Å². The number of hydrogen-bond acceptors (Lipinski definition) is 11. The van der Waals surface area contributed by atoms with Crippen LogP contribution in [0.4, 0.5) is 26.3 Å². The van der Waals surface area contributed by atoms with Gasteiger partial charge in [0.05, 0.1) is 42.3 Å². The van der Waals surface area contributed by atoms with Crippen molar-refractivity contribution in [2.24, 2.45) is 0 Å². The molecule has 21 heteroatoms. The molecular weight excluding hydrogens is 920 g/mol. The van der Waals surface area contributed by atoms with Crippen LogP contribution >= 0.6 is 31.9 Å². The van der Waals surface area contributed by atoms with Crippen LogP contribution in [0.2, 0.25) is 0 Å². The second-order valence-corrected chi connectivity index (χ2v) is 12.0. The molecule has 0 saturated carbocycles. The second kappa shape index (κ2) is 22.4. The number of nitrogens with zero attached hydrogens (tertiary/aromatic N) is 4. The molecule has 1 unspecified atom stereocenters. The number of ether oxygens (including phenoxy) is 2. The van der Waals surface area contributed by atoms with Gasteiger partial charge in [0.2, 0.25) is 23.6 Å². The van der Waals surface area contributed by atoms with E-state index in [0.717, 1.165) is 37.3 Å². The molecule has 292 valence electrons. The third-order valence-electron chi connectivity index (χ3n) is 6.01. The predicted molar refractivity (Wildman–Crippen MR) is 183 cm³/mol. The van der Waals surface area contributed by atoms with Crippen LogP contribution in [0.1, 0.15) is 86.4 Å². The first-order chi connectivity index (χ1) is 24.1. The minimum absolute atomic E-state index is 0. The number of aliphatic carboxylic acids is 1. The zero-order chi connectivity index (χ0) is 39.4. The van der Waals surface area contributed by atoms with Crippen LogP contribution in [0.3, 0.4) is 0 Å². The maximum absolute atomic E-state index is 13.0. The maximum atomic E-state index is 13.0. The summed E-state index contributed by atoms with van der Waals surface area (Å²) in [5.41, 5.74) is -1.35. The van der Waals surface area contributed by atoms with Crippen LogP contribution in [0, 0.1) is 13.8 Å². The maximum Gasteiger partial charge on any atom is 0.416 e. The molecule has 0 amide bonds. The van der Waals surface area contributed by atoms with Crippen LogP contribution in [0.5, 0.6) is 0 Å². The van der Waals surface area contributed by atoms with E-state index in [1.165, 1.54) is 19.1 Å². The molecule has 0 radical (unpaired) electrons. The second-order valence-electron chi connectivity index (χ2n) is 10.2. The monoisotopic (exact) mass is 950 g/mol. The van der Waals surface area contributed by atoms with Gasteiger partial charge in [0, 0.05) is 55.3 Å². The average molecular weight is 954 g/mol. The molecule has 0 aliphatic rings. The van der Waals surface area contributed by atoms with Gasteiger partial charge >= 0.3 is 24.3 Å². The predicted octanol–water partition coefficient (Wildman–Crippen LogP) is 9.12. The summed E-state index contributed by atoms with van der Waals surface area (Å²) in [6, 6.07) is 6.66. The fraction of sp³-hybridized carbons (Fsp3) is 0.364. The number of carboxylic acids is 1. The molecule has 0 fully saturated rings. The summed E-state index contributed by atoms with van der Waals surface area (Å²) in [5.74, 6) is -2.50. The van der Waals surface area contributed by atoms with Gasteiger partial charge in [-0.25, -0.2) is 4.79 Å². The molecule has 4 aromatic rings. The number of esters is 2. The van der Waals surface area contributed by atoms with E-state index in [4.69, 9.17) is 28.2 Å². The van der Waals surface area contributed by atoms with E-state index in [-0.39, 0.29) is 95.7 Å². The van der Waals surface area contributed by atoms with Crippen LogP contribution in [0.25, 0.3) is 5.57 Å². The number of alkyl halides is 6. The average Bonchev–Trinajstić information content (AvgIpc) is 3.65. The van der Waals surface area contributed by atoms with Crippen molar-refractivity contribution in [3.05, 3.63) is 97.2 Å².